The van der Waals surface area contributed by atoms with Gasteiger partial charge in [0.2, 0.25) is 0 Å². The minimum Gasteiger partial charge on any atom is -0.505 e. The molecule has 0 aliphatic carbocycles. The van der Waals surface area contributed by atoms with Crippen LogP contribution in [0.2, 0.25) is 5.02 Å². The predicted molar refractivity (Wildman–Crippen MR) is 51.9 cm³/mol. The van der Waals surface area contributed by atoms with Gasteiger partial charge in [0.15, 0.2) is 11.4 Å². The first-order chi connectivity index (χ1) is 7.00. The Kier molecular flexibility index (Phi) is 2.04. The van der Waals surface area contributed by atoms with E-state index in [1.165, 1.54) is 6.07 Å². The Morgan fingerprint density at radius 2 is 2.13 bits per heavy atom. The van der Waals surface area contributed by atoms with Gasteiger partial charge in [0.25, 0.3) is 0 Å². The van der Waals surface area contributed by atoms with Crippen molar-refractivity contribution in [3.63, 3.8) is 0 Å². The van der Waals surface area contributed by atoms with Crippen LogP contribution in [0.4, 0.5) is 4.39 Å². The number of aromatic amines is 1. The van der Waals surface area contributed by atoms with E-state index in [1.807, 2.05) is 0 Å². The highest BCUT2D eigenvalue weighted by molar-refractivity contribution is 6.31. The monoisotopic (exact) mass is 229 g/mol. The van der Waals surface area contributed by atoms with Gasteiger partial charge in [-0.15, -0.1) is 0 Å². The van der Waals surface area contributed by atoms with Crippen LogP contribution in [0, 0.1) is 5.82 Å². The van der Waals surface area contributed by atoms with Crippen LogP contribution in [-0.4, -0.2) is 21.2 Å². The van der Waals surface area contributed by atoms with E-state index in [0.717, 1.165) is 6.07 Å². The summed E-state index contributed by atoms with van der Waals surface area (Å²) in [6.45, 7) is 0. The number of benzene rings is 1. The van der Waals surface area contributed by atoms with Crippen LogP contribution in [0.5, 0.6) is 5.75 Å². The van der Waals surface area contributed by atoms with E-state index >= 15 is 0 Å². The van der Waals surface area contributed by atoms with Crippen LogP contribution >= 0.6 is 11.6 Å². The first-order valence-electron chi connectivity index (χ1n) is 3.93. The Bertz CT molecular complexity index is 564. The molecular formula is C9H5ClFNO3. The highest BCUT2D eigenvalue weighted by Crippen LogP contribution is 2.32. The van der Waals surface area contributed by atoms with Crippen molar-refractivity contribution in [3.05, 3.63) is 28.7 Å². The van der Waals surface area contributed by atoms with Gasteiger partial charge in [0, 0.05) is 5.39 Å². The maximum atomic E-state index is 13.0. The second kappa shape index (κ2) is 3.13. The first-order valence-corrected chi connectivity index (χ1v) is 4.31. The number of carbonyl (C=O) groups is 1. The smallest absolute Gasteiger partial charge is 0.356 e. The number of aromatic nitrogens is 1. The number of rotatable bonds is 1. The SMILES string of the molecule is O=C(O)c1[nH]c2cc(Cl)c(F)cc2c1O. The van der Waals surface area contributed by atoms with Crippen molar-refractivity contribution in [1.29, 1.82) is 0 Å². The number of hydrogen-bond donors (Lipinski definition) is 3. The molecule has 15 heavy (non-hydrogen) atoms. The Balaban J connectivity index is 2.83. The molecular weight excluding hydrogens is 225 g/mol. The highest BCUT2D eigenvalue weighted by Gasteiger charge is 2.17. The molecule has 0 amide bonds. The fraction of sp³-hybridized carbons (Fsp3) is 0. The molecule has 0 aliphatic rings. The summed E-state index contributed by atoms with van der Waals surface area (Å²) in [7, 11) is 0. The van der Waals surface area contributed by atoms with E-state index in [-0.39, 0.29) is 21.6 Å². The number of carboxylic acids is 1. The molecule has 0 fully saturated rings. The molecule has 0 saturated carbocycles. The van der Waals surface area contributed by atoms with Crippen molar-refractivity contribution in [3.8, 4) is 5.75 Å². The van der Waals surface area contributed by atoms with E-state index in [4.69, 9.17) is 16.7 Å². The molecule has 2 aromatic rings. The summed E-state index contributed by atoms with van der Waals surface area (Å²) in [6.07, 6.45) is 0. The zero-order chi connectivity index (χ0) is 11.2. The van der Waals surface area contributed by atoms with Crippen molar-refractivity contribution in [2.24, 2.45) is 0 Å². The largest absolute Gasteiger partial charge is 0.505 e. The molecule has 0 bridgehead atoms. The van der Waals surface area contributed by atoms with Gasteiger partial charge in [0.05, 0.1) is 10.5 Å². The summed E-state index contributed by atoms with van der Waals surface area (Å²) in [5.41, 5.74) is -0.108. The van der Waals surface area contributed by atoms with Gasteiger partial charge in [-0.25, -0.2) is 9.18 Å². The van der Waals surface area contributed by atoms with Gasteiger partial charge >= 0.3 is 5.97 Å². The number of H-pyrrole nitrogens is 1. The van der Waals surface area contributed by atoms with Gasteiger partial charge in [-0.3, -0.25) is 0 Å². The number of fused-ring (bicyclic) bond motifs is 1. The van der Waals surface area contributed by atoms with Gasteiger partial charge < -0.3 is 15.2 Å². The average molecular weight is 230 g/mol. The van der Waals surface area contributed by atoms with E-state index in [1.54, 1.807) is 0 Å². The normalized spacial score (nSPS) is 10.8. The molecule has 78 valence electrons. The zero-order valence-corrected chi connectivity index (χ0v) is 7.97. The van der Waals surface area contributed by atoms with Crippen LogP contribution < -0.4 is 0 Å². The molecule has 0 atom stereocenters. The Labute approximate surface area is 87.9 Å². The molecule has 3 N–H and O–H groups in total. The van der Waals surface area contributed by atoms with E-state index in [2.05, 4.69) is 4.98 Å². The van der Waals surface area contributed by atoms with Crippen molar-refractivity contribution in [2.75, 3.05) is 0 Å². The number of aromatic carboxylic acids is 1. The van der Waals surface area contributed by atoms with E-state index in [0.29, 0.717) is 0 Å². The van der Waals surface area contributed by atoms with Crippen molar-refractivity contribution in [2.45, 2.75) is 0 Å². The van der Waals surface area contributed by atoms with Gasteiger partial charge in [-0.1, -0.05) is 11.6 Å². The topological polar surface area (TPSA) is 73.3 Å². The molecule has 4 nitrogen and oxygen atoms in total. The molecule has 1 aromatic carbocycles. The second-order valence-corrected chi connectivity index (χ2v) is 3.37. The third-order valence-corrected chi connectivity index (χ3v) is 2.32. The minimum absolute atomic E-state index is 0.0919. The summed E-state index contributed by atoms with van der Waals surface area (Å²) in [4.78, 5) is 13.1. The lowest BCUT2D eigenvalue weighted by atomic mass is 10.2. The molecule has 0 saturated heterocycles. The lowest BCUT2D eigenvalue weighted by Gasteiger charge is -1.94. The fourth-order valence-electron chi connectivity index (χ4n) is 1.33. The third kappa shape index (κ3) is 1.41. The van der Waals surface area contributed by atoms with Crippen LogP contribution in [0.3, 0.4) is 0 Å². The Morgan fingerprint density at radius 3 is 2.73 bits per heavy atom. The number of hydrogen-bond acceptors (Lipinski definition) is 2. The zero-order valence-electron chi connectivity index (χ0n) is 7.21. The standard InChI is InChI=1S/C9H5ClFNO3/c10-4-2-6-3(1-5(4)11)8(13)7(12-6)9(14)15/h1-2,12-13H,(H,14,15). The van der Waals surface area contributed by atoms with Gasteiger partial charge in [-0.2, -0.15) is 0 Å². The summed E-state index contributed by atoms with van der Waals surface area (Å²) in [5, 5.41) is 18.1. The third-order valence-electron chi connectivity index (χ3n) is 2.03. The minimum atomic E-state index is -1.32. The highest BCUT2D eigenvalue weighted by atomic mass is 35.5. The Morgan fingerprint density at radius 1 is 1.47 bits per heavy atom. The first kappa shape index (κ1) is 9.79. The fourth-order valence-corrected chi connectivity index (χ4v) is 1.49. The van der Waals surface area contributed by atoms with Crippen molar-refractivity contribution >= 4 is 28.5 Å². The molecule has 0 spiro atoms. The summed E-state index contributed by atoms with van der Waals surface area (Å²) < 4.78 is 13.0. The second-order valence-electron chi connectivity index (χ2n) is 2.97. The van der Waals surface area contributed by atoms with E-state index < -0.39 is 17.5 Å². The molecule has 0 unspecified atom stereocenters. The van der Waals surface area contributed by atoms with Crippen LogP contribution in [0.15, 0.2) is 12.1 Å². The molecule has 6 heteroatoms. The number of aromatic hydroxyl groups is 1. The van der Waals surface area contributed by atoms with Crippen LogP contribution in [-0.2, 0) is 0 Å². The molecule has 1 heterocycles. The quantitative estimate of drug-likeness (QED) is 0.703. The molecule has 2 rings (SSSR count). The number of carboxylic acid groups (broad SMARTS) is 1. The maximum absolute atomic E-state index is 13.0. The molecule has 0 aliphatic heterocycles. The van der Waals surface area contributed by atoms with Crippen LogP contribution in [0.1, 0.15) is 10.5 Å². The van der Waals surface area contributed by atoms with Gasteiger partial charge in [-0.05, 0) is 12.1 Å². The predicted octanol–water partition coefficient (Wildman–Crippen LogP) is 2.36. The summed E-state index contributed by atoms with van der Waals surface area (Å²) in [5.74, 6) is -2.52. The maximum Gasteiger partial charge on any atom is 0.356 e. The number of halogens is 2. The van der Waals surface area contributed by atoms with Crippen molar-refractivity contribution < 1.29 is 19.4 Å². The van der Waals surface area contributed by atoms with Crippen LogP contribution in [0.25, 0.3) is 10.9 Å². The lowest BCUT2D eigenvalue weighted by Crippen LogP contribution is -1.95. The summed E-state index contributed by atoms with van der Waals surface area (Å²) in [6, 6.07) is 2.20. The number of nitrogens with one attached hydrogen (secondary N) is 1. The van der Waals surface area contributed by atoms with E-state index in [9.17, 15) is 14.3 Å². The average Bonchev–Trinajstić information content (AvgIpc) is 2.46. The van der Waals surface area contributed by atoms with Gasteiger partial charge in [0.1, 0.15) is 5.82 Å². The summed E-state index contributed by atoms with van der Waals surface area (Å²) >= 11 is 5.50. The Hall–Kier alpha value is -1.75. The lowest BCUT2D eigenvalue weighted by molar-refractivity contribution is 0.0688. The molecule has 1 aromatic heterocycles. The van der Waals surface area contributed by atoms with Crippen molar-refractivity contribution in [1.82, 2.24) is 4.98 Å². The molecule has 0 radical (unpaired) electrons.